The molecule has 2 aromatic rings. The maximum atomic E-state index is 12.8. The molecule has 150 valence electrons. The van der Waals surface area contributed by atoms with Gasteiger partial charge in [-0.2, -0.15) is 0 Å². The van der Waals surface area contributed by atoms with Gasteiger partial charge >= 0.3 is 0 Å². The van der Waals surface area contributed by atoms with Crippen molar-refractivity contribution in [2.75, 3.05) is 49.1 Å². The van der Waals surface area contributed by atoms with Crippen LogP contribution in [0.5, 0.6) is 0 Å². The first-order valence-corrected chi connectivity index (χ1v) is 10.1. The Morgan fingerprint density at radius 3 is 2.04 bits per heavy atom. The van der Waals surface area contributed by atoms with Crippen molar-refractivity contribution in [3.63, 3.8) is 0 Å². The number of aromatic nitrogens is 3. The first-order chi connectivity index (χ1) is 13.5. The van der Waals surface area contributed by atoms with E-state index in [1.807, 2.05) is 11.0 Å². The SMILES string of the molecule is Cc1noc(C)c1C(=O)N1CCN(c2ccc(N3CCC(C)CC3)nn2)CC1. The lowest BCUT2D eigenvalue weighted by Crippen LogP contribution is -2.49. The number of nitrogens with zero attached hydrogens (tertiary/aromatic N) is 6. The molecule has 8 heteroatoms. The molecule has 2 aromatic heterocycles. The van der Waals surface area contributed by atoms with Crippen LogP contribution in [0.3, 0.4) is 0 Å². The second-order valence-electron chi connectivity index (χ2n) is 7.90. The standard InChI is InChI=1S/C20H28N6O2/c1-14-6-8-24(9-7-14)17-4-5-18(22-21-17)25-10-12-26(13-11-25)20(27)19-15(2)23-28-16(19)3/h4-5,14H,6-13H2,1-3H3. The molecule has 8 nitrogen and oxygen atoms in total. The molecule has 0 bridgehead atoms. The molecule has 4 rings (SSSR count). The molecule has 1 amide bonds. The van der Waals surface area contributed by atoms with Crippen LogP contribution in [-0.4, -0.2) is 65.4 Å². The number of hydrogen-bond acceptors (Lipinski definition) is 7. The van der Waals surface area contributed by atoms with Gasteiger partial charge < -0.3 is 19.2 Å². The first-order valence-electron chi connectivity index (χ1n) is 10.1. The van der Waals surface area contributed by atoms with Crippen LogP contribution < -0.4 is 9.80 Å². The normalized spacial score (nSPS) is 18.6. The molecule has 0 saturated carbocycles. The van der Waals surface area contributed by atoms with Crippen LogP contribution in [0.1, 0.15) is 41.6 Å². The number of rotatable bonds is 3. The van der Waals surface area contributed by atoms with E-state index in [1.54, 1.807) is 13.8 Å². The van der Waals surface area contributed by atoms with Gasteiger partial charge in [-0.3, -0.25) is 4.79 Å². The molecule has 0 aromatic carbocycles. The molecular formula is C20H28N6O2. The van der Waals surface area contributed by atoms with Crippen molar-refractivity contribution in [2.45, 2.75) is 33.6 Å². The molecule has 2 saturated heterocycles. The Bertz CT molecular complexity index is 798. The summed E-state index contributed by atoms with van der Waals surface area (Å²) in [5.74, 6) is 3.21. The minimum atomic E-state index is -0.00309. The second-order valence-corrected chi connectivity index (χ2v) is 7.90. The van der Waals surface area contributed by atoms with E-state index >= 15 is 0 Å². The molecule has 2 fully saturated rings. The Labute approximate surface area is 165 Å². The van der Waals surface area contributed by atoms with Gasteiger partial charge in [-0.05, 0) is 44.7 Å². The highest BCUT2D eigenvalue weighted by atomic mass is 16.5. The molecule has 0 spiro atoms. The summed E-state index contributed by atoms with van der Waals surface area (Å²) in [5, 5.41) is 12.8. The molecule has 2 aliphatic rings. The van der Waals surface area contributed by atoms with Gasteiger partial charge in [0.15, 0.2) is 11.6 Å². The van der Waals surface area contributed by atoms with Gasteiger partial charge in [0.05, 0.1) is 5.69 Å². The van der Waals surface area contributed by atoms with Crippen molar-refractivity contribution in [2.24, 2.45) is 5.92 Å². The van der Waals surface area contributed by atoms with Crippen LogP contribution in [0.4, 0.5) is 11.6 Å². The van der Waals surface area contributed by atoms with Crippen molar-refractivity contribution in [3.05, 3.63) is 29.2 Å². The third-order valence-electron chi connectivity index (χ3n) is 5.88. The maximum absolute atomic E-state index is 12.8. The predicted molar refractivity (Wildman–Crippen MR) is 107 cm³/mol. The Hall–Kier alpha value is -2.64. The van der Waals surface area contributed by atoms with Gasteiger partial charge in [0.25, 0.3) is 5.91 Å². The zero-order chi connectivity index (χ0) is 19.7. The lowest BCUT2D eigenvalue weighted by atomic mass is 9.99. The van der Waals surface area contributed by atoms with Crippen LogP contribution >= 0.6 is 0 Å². The van der Waals surface area contributed by atoms with Crippen molar-refractivity contribution < 1.29 is 9.32 Å². The summed E-state index contributed by atoms with van der Waals surface area (Å²) in [6, 6.07) is 4.12. The van der Waals surface area contributed by atoms with Crippen molar-refractivity contribution in [3.8, 4) is 0 Å². The highest BCUT2D eigenvalue weighted by molar-refractivity contribution is 5.96. The van der Waals surface area contributed by atoms with Gasteiger partial charge in [0.2, 0.25) is 0 Å². The minimum absolute atomic E-state index is 0.00309. The molecule has 0 atom stereocenters. The zero-order valence-corrected chi connectivity index (χ0v) is 16.9. The number of aryl methyl sites for hydroxylation is 2. The summed E-state index contributed by atoms with van der Waals surface area (Å²) in [4.78, 5) is 19.1. The summed E-state index contributed by atoms with van der Waals surface area (Å²) < 4.78 is 5.13. The van der Waals surface area contributed by atoms with E-state index < -0.39 is 0 Å². The highest BCUT2D eigenvalue weighted by Gasteiger charge is 2.27. The first kappa shape index (κ1) is 18.7. The Morgan fingerprint density at radius 1 is 0.964 bits per heavy atom. The number of anilines is 2. The van der Waals surface area contributed by atoms with Crippen molar-refractivity contribution >= 4 is 17.5 Å². The molecule has 0 aliphatic carbocycles. The zero-order valence-electron chi connectivity index (χ0n) is 16.9. The fourth-order valence-electron chi connectivity index (χ4n) is 3.98. The van der Waals surface area contributed by atoms with Crippen molar-refractivity contribution in [1.82, 2.24) is 20.3 Å². The van der Waals surface area contributed by atoms with Crippen LogP contribution in [0.25, 0.3) is 0 Å². The number of hydrogen-bond donors (Lipinski definition) is 0. The van der Waals surface area contributed by atoms with E-state index in [1.165, 1.54) is 12.8 Å². The summed E-state index contributed by atoms with van der Waals surface area (Å²) in [5.41, 5.74) is 1.24. The fraction of sp³-hybridized carbons (Fsp3) is 0.600. The van der Waals surface area contributed by atoms with E-state index in [0.717, 1.165) is 43.7 Å². The van der Waals surface area contributed by atoms with E-state index in [2.05, 4.69) is 38.1 Å². The van der Waals surface area contributed by atoms with E-state index in [0.29, 0.717) is 30.1 Å². The number of piperidine rings is 1. The largest absolute Gasteiger partial charge is 0.361 e. The third-order valence-corrected chi connectivity index (χ3v) is 5.88. The van der Waals surface area contributed by atoms with Crippen LogP contribution in [0.2, 0.25) is 0 Å². The van der Waals surface area contributed by atoms with Gasteiger partial charge in [-0.25, -0.2) is 0 Å². The monoisotopic (exact) mass is 384 g/mol. The Morgan fingerprint density at radius 2 is 1.54 bits per heavy atom. The van der Waals surface area contributed by atoms with Crippen LogP contribution in [0.15, 0.2) is 16.7 Å². The maximum Gasteiger partial charge on any atom is 0.259 e. The Kier molecular flexibility index (Phi) is 5.19. The predicted octanol–water partition coefficient (Wildman–Crippen LogP) is 2.28. The molecule has 0 unspecified atom stereocenters. The molecule has 28 heavy (non-hydrogen) atoms. The van der Waals surface area contributed by atoms with Gasteiger partial charge in [0.1, 0.15) is 11.3 Å². The highest BCUT2D eigenvalue weighted by Crippen LogP contribution is 2.23. The van der Waals surface area contributed by atoms with Gasteiger partial charge in [-0.1, -0.05) is 12.1 Å². The molecule has 0 radical (unpaired) electrons. The number of amides is 1. The van der Waals surface area contributed by atoms with Crippen molar-refractivity contribution in [1.29, 1.82) is 0 Å². The van der Waals surface area contributed by atoms with E-state index in [4.69, 9.17) is 4.52 Å². The second kappa shape index (κ2) is 7.77. The molecule has 0 N–H and O–H groups in total. The third kappa shape index (κ3) is 3.68. The lowest BCUT2D eigenvalue weighted by molar-refractivity contribution is 0.0744. The Balaban J connectivity index is 1.35. The molecule has 2 aliphatic heterocycles. The average Bonchev–Trinajstić information content (AvgIpc) is 3.06. The number of piperazine rings is 1. The number of carbonyl (C=O) groups is 1. The molecular weight excluding hydrogens is 356 g/mol. The lowest BCUT2D eigenvalue weighted by Gasteiger charge is -2.35. The van der Waals surface area contributed by atoms with E-state index in [9.17, 15) is 4.79 Å². The van der Waals surface area contributed by atoms with Crippen LogP contribution in [-0.2, 0) is 0 Å². The summed E-state index contributed by atoms with van der Waals surface area (Å²) >= 11 is 0. The number of carbonyl (C=O) groups excluding carboxylic acids is 1. The minimum Gasteiger partial charge on any atom is -0.361 e. The quantitative estimate of drug-likeness (QED) is 0.803. The fourth-order valence-corrected chi connectivity index (χ4v) is 3.98. The topological polar surface area (TPSA) is 78.6 Å². The van der Waals surface area contributed by atoms with Gasteiger partial charge in [0, 0.05) is 39.3 Å². The molecule has 4 heterocycles. The van der Waals surface area contributed by atoms with Gasteiger partial charge in [-0.15, -0.1) is 10.2 Å². The summed E-state index contributed by atoms with van der Waals surface area (Å²) in [6.45, 7) is 10.8. The van der Waals surface area contributed by atoms with E-state index in [-0.39, 0.29) is 5.91 Å². The smallest absolute Gasteiger partial charge is 0.259 e. The van der Waals surface area contributed by atoms with Crippen LogP contribution in [0, 0.1) is 19.8 Å². The summed E-state index contributed by atoms with van der Waals surface area (Å²) in [7, 11) is 0. The summed E-state index contributed by atoms with van der Waals surface area (Å²) in [6.07, 6.45) is 2.43. The average molecular weight is 384 g/mol.